The molecule has 0 saturated heterocycles. The van der Waals surface area contributed by atoms with E-state index in [1.807, 2.05) is 18.2 Å². The normalized spacial score (nSPS) is 15.7. The van der Waals surface area contributed by atoms with Crippen LogP contribution in [0.5, 0.6) is 0 Å². The Morgan fingerprint density at radius 1 is 0.933 bits per heavy atom. The van der Waals surface area contributed by atoms with Crippen LogP contribution in [0.3, 0.4) is 0 Å². The van der Waals surface area contributed by atoms with Crippen molar-refractivity contribution in [2.45, 2.75) is 9.79 Å². The summed E-state index contributed by atoms with van der Waals surface area (Å²) in [5.74, 6) is 0. The van der Waals surface area contributed by atoms with Crippen molar-refractivity contribution >= 4 is 9.84 Å². The number of rotatable bonds is 0. The molecule has 2 nitrogen and oxygen atoms in total. The summed E-state index contributed by atoms with van der Waals surface area (Å²) in [5.41, 5.74) is 1.54. The van der Waals surface area contributed by atoms with E-state index in [9.17, 15) is 8.42 Å². The minimum absolute atomic E-state index is 0.297. The topological polar surface area (TPSA) is 34.1 Å². The molecule has 3 heteroatoms. The summed E-state index contributed by atoms with van der Waals surface area (Å²) < 4.78 is 24.1. The number of fused-ring (bicyclic) bond motifs is 3. The van der Waals surface area contributed by atoms with Gasteiger partial charge in [-0.1, -0.05) is 36.4 Å². The quantitative estimate of drug-likeness (QED) is 0.576. The second-order valence-corrected chi connectivity index (χ2v) is 5.27. The van der Waals surface area contributed by atoms with Crippen LogP contribution >= 0.6 is 0 Å². The molecule has 1 aliphatic heterocycles. The van der Waals surface area contributed by atoms with Crippen LogP contribution in [-0.4, -0.2) is 8.42 Å². The molecule has 1 aliphatic rings. The lowest BCUT2D eigenvalue weighted by molar-refractivity contribution is 0.598. The Morgan fingerprint density at radius 2 is 1.67 bits per heavy atom. The van der Waals surface area contributed by atoms with Gasteiger partial charge in [0.1, 0.15) is 0 Å². The Balaban J connectivity index is 2.53. The lowest BCUT2D eigenvalue weighted by atomic mass is 10.1. The summed E-state index contributed by atoms with van der Waals surface area (Å²) in [5, 5.41) is 0. The molecule has 0 fully saturated rings. The van der Waals surface area contributed by atoms with Gasteiger partial charge in [-0.3, -0.25) is 0 Å². The molecule has 0 unspecified atom stereocenters. The van der Waals surface area contributed by atoms with Gasteiger partial charge in [0.05, 0.1) is 9.79 Å². The second-order valence-electron chi connectivity index (χ2n) is 3.41. The first-order valence-corrected chi connectivity index (χ1v) is 6.05. The van der Waals surface area contributed by atoms with Gasteiger partial charge in [-0.25, -0.2) is 8.42 Å². The first-order chi connectivity index (χ1) is 7.21. The van der Waals surface area contributed by atoms with Crippen molar-refractivity contribution in [2.24, 2.45) is 0 Å². The van der Waals surface area contributed by atoms with Gasteiger partial charge in [0, 0.05) is 17.2 Å². The van der Waals surface area contributed by atoms with Crippen LogP contribution in [0.15, 0.2) is 52.3 Å². The monoisotopic (exact) mass is 215 g/mol. The first kappa shape index (κ1) is 8.68. The zero-order valence-corrected chi connectivity index (χ0v) is 8.58. The number of sulfone groups is 1. The van der Waals surface area contributed by atoms with Gasteiger partial charge >= 0.3 is 0 Å². The van der Waals surface area contributed by atoms with Gasteiger partial charge in [0.2, 0.25) is 9.84 Å². The van der Waals surface area contributed by atoms with Crippen LogP contribution in [0.25, 0.3) is 11.1 Å². The van der Waals surface area contributed by atoms with E-state index in [1.54, 1.807) is 24.3 Å². The molecule has 0 aliphatic carbocycles. The Labute approximate surface area is 88.1 Å². The molecule has 0 atom stereocenters. The summed E-state index contributed by atoms with van der Waals surface area (Å²) in [4.78, 5) is 0.689. The molecular weight excluding hydrogens is 208 g/mol. The Bertz CT molecular complexity index is 591. The van der Waals surface area contributed by atoms with Crippen LogP contribution in [0.2, 0.25) is 0 Å². The maximum Gasteiger partial charge on any atom is 0.208 e. The molecule has 3 rings (SSSR count). The molecule has 0 bridgehead atoms. The largest absolute Gasteiger partial charge is 0.218 e. The zero-order valence-electron chi connectivity index (χ0n) is 7.77. The minimum Gasteiger partial charge on any atom is -0.218 e. The molecule has 15 heavy (non-hydrogen) atoms. The van der Waals surface area contributed by atoms with Gasteiger partial charge in [-0.15, -0.1) is 0 Å². The molecule has 2 aromatic rings. The molecule has 0 spiro atoms. The smallest absolute Gasteiger partial charge is 0.208 e. The lowest BCUT2D eigenvalue weighted by Crippen LogP contribution is -1.95. The molecule has 2 aromatic carbocycles. The number of benzene rings is 2. The summed E-state index contributed by atoms with van der Waals surface area (Å²) >= 11 is 0. The molecule has 0 amide bonds. The van der Waals surface area contributed by atoms with Crippen LogP contribution in [0.1, 0.15) is 0 Å². The van der Waals surface area contributed by atoms with Crippen LogP contribution in [0, 0.1) is 6.07 Å². The van der Waals surface area contributed by atoms with Crippen molar-refractivity contribution in [3.63, 3.8) is 0 Å². The predicted octanol–water partition coefficient (Wildman–Crippen LogP) is 2.30. The highest BCUT2D eigenvalue weighted by atomic mass is 32.2. The Hall–Kier alpha value is -1.61. The SMILES string of the molecule is O=S1(=O)c2[c]cccc2-c2ccccc21. The molecule has 1 radical (unpaired) electrons. The molecule has 0 aromatic heterocycles. The van der Waals surface area contributed by atoms with Crippen LogP contribution < -0.4 is 0 Å². The third-order valence-electron chi connectivity index (χ3n) is 2.55. The number of hydrogen-bond donors (Lipinski definition) is 0. The average molecular weight is 215 g/mol. The average Bonchev–Trinajstić information content (AvgIpc) is 2.51. The predicted molar refractivity (Wildman–Crippen MR) is 56.2 cm³/mol. The van der Waals surface area contributed by atoms with E-state index < -0.39 is 9.84 Å². The van der Waals surface area contributed by atoms with Gasteiger partial charge in [-0.05, 0) is 6.07 Å². The molecule has 73 valence electrons. The van der Waals surface area contributed by atoms with E-state index in [0.29, 0.717) is 9.79 Å². The zero-order chi connectivity index (χ0) is 10.5. The van der Waals surface area contributed by atoms with E-state index in [0.717, 1.165) is 11.1 Å². The third-order valence-corrected chi connectivity index (χ3v) is 4.36. The van der Waals surface area contributed by atoms with Crippen molar-refractivity contribution in [2.75, 3.05) is 0 Å². The van der Waals surface area contributed by atoms with Crippen molar-refractivity contribution in [3.05, 3.63) is 48.5 Å². The van der Waals surface area contributed by atoms with Crippen molar-refractivity contribution in [1.29, 1.82) is 0 Å². The van der Waals surface area contributed by atoms with E-state index >= 15 is 0 Å². The highest BCUT2D eigenvalue weighted by Crippen LogP contribution is 2.42. The van der Waals surface area contributed by atoms with E-state index in [2.05, 4.69) is 6.07 Å². The highest BCUT2D eigenvalue weighted by molar-refractivity contribution is 7.92. The van der Waals surface area contributed by atoms with Crippen LogP contribution in [-0.2, 0) is 9.84 Å². The minimum atomic E-state index is -3.32. The Kier molecular flexibility index (Phi) is 1.56. The molecular formula is C12H7O2S. The van der Waals surface area contributed by atoms with Gasteiger partial charge < -0.3 is 0 Å². The molecule has 1 heterocycles. The maximum atomic E-state index is 12.0. The molecule has 0 saturated carbocycles. The van der Waals surface area contributed by atoms with Gasteiger partial charge in [-0.2, -0.15) is 0 Å². The summed E-state index contributed by atoms with van der Waals surface area (Å²) in [7, 11) is -3.32. The standard InChI is InChI=1S/C12H7O2S/c13-15(14)11-7-3-1-5-9(11)10-6-2-4-8-12(10)15/h1-7H. The van der Waals surface area contributed by atoms with Gasteiger partial charge in [0.15, 0.2) is 0 Å². The van der Waals surface area contributed by atoms with Crippen molar-refractivity contribution < 1.29 is 8.42 Å². The maximum absolute atomic E-state index is 12.0. The summed E-state index contributed by atoms with van der Waals surface area (Å²) in [6, 6.07) is 15.1. The van der Waals surface area contributed by atoms with E-state index in [4.69, 9.17) is 0 Å². The number of hydrogen-bond acceptors (Lipinski definition) is 2. The van der Waals surface area contributed by atoms with E-state index in [-0.39, 0.29) is 0 Å². The fourth-order valence-corrected chi connectivity index (χ4v) is 3.53. The summed E-state index contributed by atoms with van der Waals surface area (Å²) in [6.45, 7) is 0. The molecule has 0 N–H and O–H groups in total. The summed E-state index contributed by atoms with van der Waals surface area (Å²) in [6.07, 6.45) is 0. The first-order valence-electron chi connectivity index (χ1n) is 4.56. The van der Waals surface area contributed by atoms with Crippen LogP contribution in [0.4, 0.5) is 0 Å². The fourth-order valence-electron chi connectivity index (χ4n) is 1.89. The third kappa shape index (κ3) is 1.01. The lowest BCUT2D eigenvalue weighted by Gasteiger charge is -1.95. The van der Waals surface area contributed by atoms with E-state index in [1.165, 1.54) is 0 Å². The second kappa shape index (κ2) is 2.70. The van der Waals surface area contributed by atoms with Gasteiger partial charge in [0.25, 0.3) is 0 Å². The Morgan fingerprint density at radius 3 is 2.53 bits per heavy atom. The highest BCUT2D eigenvalue weighted by Gasteiger charge is 2.31. The fraction of sp³-hybridized carbons (Fsp3) is 0. The van der Waals surface area contributed by atoms with Crippen molar-refractivity contribution in [1.82, 2.24) is 0 Å². The van der Waals surface area contributed by atoms with Crippen molar-refractivity contribution in [3.8, 4) is 11.1 Å².